The van der Waals surface area contributed by atoms with E-state index in [1.165, 1.54) is 25.3 Å². The number of hydrogen-bond acceptors (Lipinski definition) is 5. The van der Waals surface area contributed by atoms with Crippen molar-refractivity contribution < 1.29 is 28.1 Å². The van der Waals surface area contributed by atoms with Crippen LogP contribution in [0.15, 0.2) is 36.4 Å². The molecule has 1 aliphatic rings. The molecule has 6 nitrogen and oxygen atoms in total. The SMILES string of the molecule is COc1ccc(F)cc1C(C)NC(=O)COc1ccc2c(c1)OCO2. The molecule has 0 radical (unpaired) electrons. The highest BCUT2D eigenvalue weighted by molar-refractivity contribution is 5.78. The van der Waals surface area contributed by atoms with Crippen LogP contribution in [0.1, 0.15) is 18.5 Å². The van der Waals surface area contributed by atoms with Gasteiger partial charge in [-0.1, -0.05) is 0 Å². The molecule has 3 rings (SSSR count). The van der Waals surface area contributed by atoms with Crippen molar-refractivity contribution in [3.05, 3.63) is 47.8 Å². The fourth-order valence-corrected chi connectivity index (χ4v) is 2.52. The third kappa shape index (κ3) is 3.93. The summed E-state index contributed by atoms with van der Waals surface area (Å²) >= 11 is 0. The van der Waals surface area contributed by atoms with Gasteiger partial charge in [0.25, 0.3) is 5.91 Å². The summed E-state index contributed by atoms with van der Waals surface area (Å²) in [6.45, 7) is 1.74. The molecular weight excluding hydrogens is 329 g/mol. The van der Waals surface area contributed by atoms with Gasteiger partial charge in [0.2, 0.25) is 6.79 Å². The van der Waals surface area contributed by atoms with E-state index >= 15 is 0 Å². The zero-order valence-electron chi connectivity index (χ0n) is 13.9. The Bertz CT molecular complexity index is 780. The van der Waals surface area contributed by atoms with Crippen molar-refractivity contribution in [3.63, 3.8) is 0 Å². The third-order valence-electron chi connectivity index (χ3n) is 3.75. The van der Waals surface area contributed by atoms with Crippen molar-refractivity contribution in [1.29, 1.82) is 0 Å². The maximum absolute atomic E-state index is 13.4. The molecule has 1 unspecified atom stereocenters. The van der Waals surface area contributed by atoms with Crippen molar-refractivity contribution >= 4 is 5.91 Å². The van der Waals surface area contributed by atoms with E-state index in [0.717, 1.165) is 0 Å². The van der Waals surface area contributed by atoms with Gasteiger partial charge in [-0.15, -0.1) is 0 Å². The molecule has 7 heteroatoms. The minimum absolute atomic E-state index is 0.173. The zero-order chi connectivity index (χ0) is 17.8. The minimum Gasteiger partial charge on any atom is -0.496 e. The molecule has 1 atom stereocenters. The number of benzene rings is 2. The molecule has 25 heavy (non-hydrogen) atoms. The monoisotopic (exact) mass is 347 g/mol. The van der Waals surface area contributed by atoms with Crippen molar-refractivity contribution in [3.8, 4) is 23.0 Å². The molecular formula is C18H18FNO5. The molecule has 0 bridgehead atoms. The molecule has 1 amide bonds. The Morgan fingerprint density at radius 1 is 1.24 bits per heavy atom. The van der Waals surface area contributed by atoms with Crippen molar-refractivity contribution in [2.75, 3.05) is 20.5 Å². The van der Waals surface area contributed by atoms with Crippen LogP contribution in [0.3, 0.4) is 0 Å². The molecule has 1 heterocycles. The number of fused-ring (bicyclic) bond motifs is 1. The Hall–Kier alpha value is -2.96. The van der Waals surface area contributed by atoms with Gasteiger partial charge in [-0.05, 0) is 37.3 Å². The first-order chi connectivity index (χ1) is 12.1. The van der Waals surface area contributed by atoms with Gasteiger partial charge < -0.3 is 24.3 Å². The largest absolute Gasteiger partial charge is 0.496 e. The van der Waals surface area contributed by atoms with E-state index in [1.807, 2.05) is 0 Å². The predicted molar refractivity (Wildman–Crippen MR) is 87.6 cm³/mol. The van der Waals surface area contributed by atoms with Crippen LogP contribution in [0.2, 0.25) is 0 Å². The van der Waals surface area contributed by atoms with E-state index in [9.17, 15) is 9.18 Å². The number of rotatable bonds is 6. The van der Waals surface area contributed by atoms with Crippen LogP contribution in [0.25, 0.3) is 0 Å². The summed E-state index contributed by atoms with van der Waals surface area (Å²) in [6, 6.07) is 8.81. The number of ether oxygens (including phenoxy) is 4. The van der Waals surface area contributed by atoms with Gasteiger partial charge in [-0.25, -0.2) is 4.39 Å². The van der Waals surface area contributed by atoms with Crippen molar-refractivity contribution in [2.24, 2.45) is 0 Å². The Balaban J connectivity index is 1.58. The lowest BCUT2D eigenvalue weighted by atomic mass is 10.1. The van der Waals surface area contributed by atoms with Crippen LogP contribution in [-0.4, -0.2) is 26.4 Å². The second-order valence-corrected chi connectivity index (χ2v) is 5.48. The second-order valence-electron chi connectivity index (χ2n) is 5.48. The van der Waals surface area contributed by atoms with Crippen LogP contribution >= 0.6 is 0 Å². The fraction of sp³-hybridized carbons (Fsp3) is 0.278. The fourth-order valence-electron chi connectivity index (χ4n) is 2.52. The van der Waals surface area contributed by atoms with Gasteiger partial charge in [0.05, 0.1) is 13.2 Å². The average Bonchev–Trinajstić information content (AvgIpc) is 3.07. The van der Waals surface area contributed by atoms with E-state index < -0.39 is 11.9 Å². The zero-order valence-corrected chi connectivity index (χ0v) is 13.9. The summed E-state index contributed by atoms with van der Waals surface area (Å²) in [5, 5.41) is 2.75. The molecule has 1 N–H and O–H groups in total. The topological polar surface area (TPSA) is 66.0 Å². The number of methoxy groups -OCH3 is 1. The van der Waals surface area contributed by atoms with Crippen molar-refractivity contribution in [2.45, 2.75) is 13.0 Å². The molecule has 0 spiro atoms. The number of amides is 1. The van der Waals surface area contributed by atoms with Crippen LogP contribution in [0.5, 0.6) is 23.0 Å². The Morgan fingerprint density at radius 2 is 2.04 bits per heavy atom. The maximum atomic E-state index is 13.4. The lowest BCUT2D eigenvalue weighted by Gasteiger charge is -2.17. The van der Waals surface area contributed by atoms with Gasteiger partial charge in [0, 0.05) is 11.6 Å². The number of carbonyl (C=O) groups excluding carboxylic acids is 1. The summed E-state index contributed by atoms with van der Waals surface area (Å²) in [4.78, 5) is 12.1. The van der Waals surface area contributed by atoms with Crippen LogP contribution in [0.4, 0.5) is 4.39 Å². The standard InChI is InChI=1S/C18H18FNO5/c1-11(14-7-12(19)3-5-15(14)22-2)20-18(21)9-23-13-4-6-16-17(8-13)25-10-24-16/h3-8,11H,9-10H2,1-2H3,(H,20,21). The smallest absolute Gasteiger partial charge is 0.258 e. The quantitative estimate of drug-likeness (QED) is 0.870. The molecule has 1 aliphatic heterocycles. The maximum Gasteiger partial charge on any atom is 0.258 e. The highest BCUT2D eigenvalue weighted by Crippen LogP contribution is 2.35. The van der Waals surface area contributed by atoms with E-state index in [4.69, 9.17) is 18.9 Å². The summed E-state index contributed by atoms with van der Waals surface area (Å²) in [7, 11) is 1.49. The first kappa shape index (κ1) is 16.9. The Labute approximate surface area is 144 Å². The van der Waals surface area contributed by atoms with Crippen LogP contribution in [-0.2, 0) is 4.79 Å². The molecule has 0 aromatic heterocycles. The van der Waals surface area contributed by atoms with E-state index in [2.05, 4.69) is 5.32 Å². The normalized spacial score (nSPS) is 13.2. The van der Waals surface area contributed by atoms with Gasteiger partial charge in [0.15, 0.2) is 18.1 Å². The summed E-state index contributed by atoms with van der Waals surface area (Å²) in [5.74, 6) is 1.49. The highest BCUT2D eigenvalue weighted by Gasteiger charge is 2.17. The summed E-state index contributed by atoms with van der Waals surface area (Å²) in [6.07, 6.45) is 0. The second kappa shape index (κ2) is 7.29. The molecule has 0 fully saturated rings. The predicted octanol–water partition coefficient (Wildman–Crippen LogP) is 2.82. The third-order valence-corrected chi connectivity index (χ3v) is 3.75. The lowest BCUT2D eigenvalue weighted by molar-refractivity contribution is -0.123. The Kier molecular flexibility index (Phi) is 4.92. The number of hydrogen-bond donors (Lipinski definition) is 1. The van der Waals surface area contributed by atoms with Crippen LogP contribution < -0.4 is 24.3 Å². The van der Waals surface area contributed by atoms with Gasteiger partial charge >= 0.3 is 0 Å². The van der Waals surface area contributed by atoms with Gasteiger partial charge in [0.1, 0.15) is 17.3 Å². The number of carbonyl (C=O) groups is 1. The molecule has 0 saturated carbocycles. The van der Waals surface area contributed by atoms with E-state index in [-0.39, 0.29) is 19.3 Å². The highest BCUT2D eigenvalue weighted by atomic mass is 19.1. The molecule has 132 valence electrons. The number of nitrogens with one attached hydrogen (secondary N) is 1. The first-order valence-electron chi connectivity index (χ1n) is 7.72. The average molecular weight is 347 g/mol. The van der Waals surface area contributed by atoms with Gasteiger partial charge in [-0.2, -0.15) is 0 Å². The van der Waals surface area contributed by atoms with Crippen molar-refractivity contribution in [1.82, 2.24) is 5.32 Å². The molecule has 0 aliphatic carbocycles. The summed E-state index contributed by atoms with van der Waals surface area (Å²) in [5.41, 5.74) is 0.555. The molecule has 2 aromatic carbocycles. The van der Waals surface area contributed by atoms with Gasteiger partial charge in [-0.3, -0.25) is 4.79 Å². The number of halogens is 1. The van der Waals surface area contributed by atoms with E-state index in [0.29, 0.717) is 28.6 Å². The molecule has 2 aromatic rings. The minimum atomic E-state index is -0.432. The van der Waals surface area contributed by atoms with E-state index in [1.54, 1.807) is 25.1 Å². The lowest BCUT2D eigenvalue weighted by Crippen LogP contribution is -2.31. The first-order valence-corrected chi connectivity index (χ1v) is 7.72. The van der Waals surface area contributed by atoms with Crippen LogP contribution in [0, 0.1) is 5.82 Å². The Morgan fingerprint density at radius 3 is 2.84 bits per heavy atom. The summed E-state index contributed by atoms with van der Waals surface area (Å²) < 4.78 is 34.6. The molecule has 0 saturated heterocycles.